The Balaban J connectivity index is 1.84. The topological polar surface area (TPSA) is 92.5 Å². The van der Waals surface area contributed by atoms with Crippen molar-refractivity contribution in [2.75, 3.05) is 11.4 Å². The fourth-order valence-electron chi connectivity index (χ4n) is 4.20. The normalized spacial score (nSPS) is 11.8. The summed E-state index contributed by atoms with van der Waals surface area (Å²) in [6.45, 7) is 6.20. The predicted molar refractivity (Wildman–Crippen MR) is 154 cm³/mol. The summed E-state index contributed by atoms with van der Waals surface area (Å²) in [7, 11) is 0. The standard InChI is InChI=1S/C30H37N3O4S/c1-4-6-7-8-12-19-32(24-15-17-25(18-16-24)38-22(3)30(36)37)29(35)21-33-27(5-2)31-26(20-28(33)34)23-13-10-9-11-14-23/h9-11,13-18,20,22H,4-8,12,19,21H2,1-3H3,(H,36,37). The van der Waals surface area contributed by atoms with Crippen LogP contribution in [0.15, 0.2) is 70.4 Å². The molecule has 202 valence electrons. The van der Waals surface area contributed by atoms with Crippen LogP contribution in [0, 0.1) is 0 Å². The van der Waals surface area contributed by atoms with Gasteiger partial charge in [0, 0.05) is 35.2 Å². The van der Waals surface area contributed by atoms with Gasteiger partial charge in [-0.05, 0) is 37.6 Å². The molecule has 8 heteroatoms. The van der Waals surface area contributed by atoms with Crippen LogP contribution in [0.1, 0.15) is 58.7 Å². The zero-order chi connectivity index (χ0) is 27.5. The third-order valence-electron chi connectivity index (χ3n) is 6.36. The molecule has 7 nitrogen and oxygen atoms in total. The van der Waals surface area contributed by atoms with Crippen molar-refractivity contribution in [2.24, 2.45) is 0 Å². The van der Waals surface area contributed by atoms with Gasteiger partial charge in [-0.3, -0.25) is 19.0 Å². The first-order valence-electron chi connectivity index (χ1n) is 13.3. The molecule has 3 aromatic rings. The fraction of sp³-hybridized carbons (Fsp3) is 0.400. The Morgan fingerprint density at radius 2 is 1.68 bits per heavy atom. The second-order valence-electron chi connectivity index (χ2n) is 9.25. The molecular weight excluding hydrogens is 498 g/mol. The van der Waals surface area contributed by atoms with Gasteiger partial charge < -0.3 is 10.0 Å². The van der Waals surface area contributed by atoms with Crippen LogP contribution in [0.5, 0.6) is 0 Å². The molecule has 2 aromatic carbocycles. The molecule has 0 spiro atoms. The van der Waals surface area contributed by atoms with E-state index in [-0.39, 0.29) is 18.0 Å². The molecule has 1 amide bonds. The lowest BCUT2D eigenvalue weighted by Gasteiger charge is -2.24. The number of rotatable bonds is 14. The molecule has 0 bridgehead atoms. The molecule has 3 rings (SSSR count). The monoisotopic (exact) mass is 535 g/mol. The van der Waals surface area contributed by atoms with Gasteiger partial charge in [-0.15, -0.1) is 11.8 Å². The van der Waals surface area contributed by atoms with Crippen molar-refractivity contribution in [2.45, 2.75) is 76.0 Å². The average Bonchev–Trinajstić information content (AvgIpc) is 2.92. The van der Waals surface area contributed by atoms with Crippen molar-refractivity contribution in [3.05, 3.63) is 76.8 Å². The number of benzene rings is 2. The summed E-state index contributed by atoms with van der Waals surface area (Å²) in [5, 5.41) is 8.63. The second kappa shape index (κ2) is 14.5. The number of aromatic nitrogens is 2. The summed E-state index contributed by atoms with van der Waals surface area (Å²) >= 11 is 1.26. The van der Waals surface area contributed by atoms with Crippen molar-refractivity contribution < 1.29 is 14.7 Å². The minimum atomic E-state index is -0.868. The van der Waals surface area contributed by atoms with Gasteiger partial charge in [-0.2, -0.15) is 0 Å². The van der Waals surface area contributed by atoms with Crippen LogP contribution in [0.4, 0.5) is 5.69 Å². The number of thioether (sulfide) groups is 1. The Morgan fingerprint density at radius 1 is 1.00 bits per heavy atom. The number of unbranched alkanes of at least 4 members (excludes halogenated alkanes) is 4. The van der Waals surface area contributed by atoms with Crippen LogP contribution in [0.2, 0.25) is 0 Å². The van der Waals surface area contributed by atoms with Crippen molar-refractivity contribution in [1.29, 1.82) is 0 Å². The molecule has 1 heterocycles. The molecule has 0 aliphatic carbocycles. The lowest BCUT2D eigenvalue weighted by Crippen LogP contribution is -2.38. The number of carbonyl (C=O) groups excluding carboxylic acids is 1. The third-order valence-corrected chi connectivity index (χ3v) is 7.46. The van der Waals surface area contributed by atoms with Gasteiger partial charge in [0.15, 0.2) is 0 Å². The number of aliphatic carboxylic acids is 1. The third kappa shape index (κ3) is 8.05. The van der Waals surface area contributed by atoms with Crippen LogP contribution >= 0.6 is 11.8 Å². The molecule has 1 unspecified atom stereocenters. The summed E-state index contributed by atoms with van der Waals surface area (Å²) in [6.07, 6.45) is 5.83. The Bertz CT molecular complexity index is 1260. The number of hydrogen-bond donors (Lipinski definition) is 1. The minimum absolute atomic E-state index is 0.0917. The lowest BCUT2D eigenvalue weighted by molar-refractivity contribution is -0.136. The van der Waals surface area contributed by atoms with E-state index in [1.54, 1.807) is 11.8 Å². The zero-order valence-electron chi connectivity index (χ0n) is 22.4. The van der Waals surface area contributed by atoms with Crippen molar-refractivity contribution in [1.82, 2.24) is 9.55 Å². The highest BCUT2D eigenvalue weighted by Gasteiger charge is 2.20. The van der Waals surface area contributed by atoms with E-state index in [1.807, 2.05) is 61.5 Å². The van der Waals surface area contributed by atoms with Gasteiger partial charge in [-0.25, -0.2) is 4.98 Å². The number of carbonyl (C=O) groups is 2. The van der Waals surface area contributed by atoms with Gasteiger partial charge in [0.05, 0.1) is 5.69 Å². The van der Waals surface area contributed by atoms with Crippen molar-refractivity contribution >= 4 is 29.3 Å². The number of anilines is 1. The van der Waals surface area contributed by atoms with Gasteiger partial charge >= 0.3 is 5.97 Å². The Labute approximate surface area is 228 Å². The van der Waals surface area contributed by atoms with E-state index in [0.29, 0.717) is 24.5 Å². The first-order chi connectivity index (χ1) is 18.3. The van der Waals surface area contributed by atoms with Gasteiger partial charge in [0.25, 0.3) is 5.56 Å². The van der Waals surface area contributed by atoms with E-state index < -0.39 is 11.2 Å². The summed E-state index contributed by atoms with van der Waals surface area (Å²) in [4.78, 5) is 45.2. The van der Waals surface area contributed by atoms with Gasteiger partial charge in [0.1, 0.15) is 17.6 Å². The largest absolute Gasteiger partial charge is 0.480 e. The molecule has 1 atom stereocenters. The summed E-state index contributed by atoms with van der Waals surface area (Å²) in [5.41, 5.74) is 1.95. The molecule has 0 aliphatic rings. The zero-order valence-corrected chi connectivity index (χ0v) is 23.2. The maximum absolute atomic E-state index is 13.6. The van der Waals surface area contributed by atoms with E-state index in [2.05, 4.69) is 6.92 Å². The highest BCUT2D eigenvalue weighted by molar-refractivity contribution is 8.00. The molecule has 0 radical (unpaired) electrons. The summed E-state index contributed by atoms with van der Waals surface area (Å²) < 4.78 is 1.47. The molecular formula is C30H37N3O4S. The van der Waals surface area contributed by atoms with Gasteiger partial charge in [-0.1, -0.05) is 69.9 Å². The SMILES string of the molecule is CCCCCCCN(C(=O)Cn1c(CC)nc(-c2ccccc2)cc1=O)c1ccc(SC(C)C(=O)O)cc1. The minimum Gasteiger partial charge on any atom is -0.480 e. The van der Waals surface area contributed by atoms with Crippen LogP contribution in [-0.2, 0) is 22.6 Å². The number of amides is 1. The molecule has 38 heavy (non-hydrogen) atoms. The molecule has 0 saturated carbocycles. The molecule has 0 fully saturated rings. The van der Waals surface area contributed by atoms with Crippen LogP contribution in [-0.4, -0.2) is 38.3 Å². The summed E-state index contributed by atoms with van der Waals surface area (Å²) in [6, 6.07) is 18.4. The molecule has 0 saturated heterocycles. The van der Waals surface area contributed by atoms with Crippen molar-refractivity contribution in [3.8, 4) is 11.3 Å². The quantitative estimate of drug-likeness (QED) is 0.200. The van der Waals surface area contributed by atoms with Crippen LogP contribution in [0.25, 0.3) is 11.3 Å². The van der Waals surface area contributed by atoms with Gasteiger partial charge in [0.2, 0.25) is 5.91 Å². The molecule has 1 N–H and O–H groups in total. The smallest absolute Gasteiger partial charge is 0.316 e. The Hall–Kier alpha value is -3.39. The highest BCUT2D eigenvalue weighted by atomic mass is 32.2. The van der Waals surface area contributed by atoms with Crippen LogP contribution < -0.4 is 10.5 Å². The second-order valence-corrected chi connectivity index (χ2v) is 10.7. The van der Waals surface area contributed by atoms with Crippen molar-refractivity contribution in [3.63, 3.8) is 0 Å². The van der Waals surface area contributed by atoms with E-state index in [4.69, 9.17) is 4.98 Å². The summed E-state index contributed by atoms with van der Waals surface area (Å²) in [5.74, 6) is -0.472. The number of carboxylic acid groups (broad SMARTS) is 1. The average molecular weight is 536 g/mol. The number of carboxylic acids is 1. The molecule has 1 aromatic heterocycles. The maximum atomic E-state index is 13.6. The fourth-order valence-corrected chi connectivity index (χ4v) is 5.00. The predicted octanol–water partition coefficient (Wildman–Crippen LogP) is 6.04. The van der Waals surface area contributed by atoms with Crippen LogP contribution in [0.3, 0.4) is 0 Å². The maximum Gasteiger partial charge on any atom is 0.316 e. The number of aryl methyl sites for hydroxylation is 1. The van der Waals surface area contributed by atoms with E-state index in [0.717, 1.165) is 48.3 Å². The number of hydrogen-bond acceptors (Lipinski definition) is 5. The lowest BCUT2D eigenvalue weighted by atomic mass is 10.1. The molecule has 0 aliphatic heterocycles. The van der Waals surface area contributed by atoms with E-state index >= 15 is 0 Å². The Morgan fingerprint density at radius 3 is 2.32 bits per heavy atom. The van der Waals surface area contributed by atoms with E-state index in [1.165, 1.54) is 22.4 Å². The number of nitrogens with zero attached hydrogens (tertiary/aromatic N) is 3. The Kier molecular flexibility index (Phi) is 11.1. The first kappa shape index (κ1) is 29.2. The first-order valence-corrected chi connectivity index (χ1v) is 14.2. The van der Waals surface area contributed by atoms with E-state index in [9.17, 15) is 19.5 Å². The highest BCUT2D eigenvalue weighted by Crippen LogP contribution is 2.27.